The second kappa shape index (κ2) is 6.15. The highest BCUT2D eigenvalue weighted by Gasteiger charge is 2.23. The van der Waals surface area contributed by atoms with Gasteiger partial charge in [-0.25, -0.2) is 4.68 Å². The zero-order chi connectivity index (χ0) is 16.5. The van der Waals surface area contributed by atoms with Crippen LogP contribution in [0.3, 0.4) is 0 Å². The lowest BCUT2D eigenvalue weighted by Crippen LogP contribution is -2.01. The van der Waals surface area contributed by atoms with E-state index >= 15 is 0 Å². The van der Waals surface area contributed by atoms with Crippen molar-refractivity contribution >= 4 is 22.6 Å². The van der Waals surface area contributed by atoms with Crippen LogP contribution < -0.4 is 4.91 Å². The van der Waals surface area contributed by atoms with E-state index in [1.165, 1.54) is 12.8 Å². The van der Waals surface area contributed by atoms with Crippen molar-refractivity contribution in [1.29, 1.82) is 5.53 Å². The molecule has 1 aromatic heterocycles. The fraction of sp³-hybridized carbons (Fsp3) is 0.294. The molecule has 24 heavy (non-hydrogen) atoms. The molecule has 1 N–H and O–H groups in total. The molecule has 0 unspecified atom stereocenters. The second-order valence-electron chi connectivity index (χ2n) is 6.11. The molecule has 4 rings (SSSR count). The van der Waals surface area contributed by atoms with Gasteiger partial charge in [0, 0.05) is 12.1 Å². The minimum Gasteiger partial charge on any atom is -0.244 e. The summed E-state index contributed by atoms with van der Waals surface area (Å²) >= 11 is 6.59. The minimum atomic E-state index is 0.409. The van der Waals surface area contributed by atoms with Crippen LogP contribution in [-0.2, 0) is 13.1 Å². The molecular formula is C17H16ClN6+. The van der Waals surface area contributed by atoms with Crippen LogP contribution in [0.4, 0.5) is 0 Å². The van der Waals surface area contributed by atoms with Crippen molar-refractivity contribution in [3.05, 3.63) is 47.0 Å². The Kier molecular flexibility index (Phi) is 3.84. The topological polar surface area (TPSA) is 81.0 Å². The number of nitrogens with zero attached hydrogens (tertiary/aromatic N) is 5. The Morgan fingerprint density at radius 2 is 2.00 bits per heavy atom. The van der Waals surface area contributed by atoms with Crippen molar-refractivity contribution in [2.24, 2.45) is 11.0 Å². The first-order valence-electron chi connectivity index (χ1n) is 7.90. The average molecular weight is 340 g/mol. The summed E-state index contributed by atoms with van der Waals surface area (Å²) in [4.78, 5) is 3.02. The van der Waals surface area contributed by atoms with Gasteiger partial charge in [-0.05, 0) is 36.0 Å². The Bertz CT molecular complexity index is 936. The number of nitrogens with one attached hydrogen (secondary N) is 1. The molecule has 0 spiro atoms. The summed E-state index contributed by atoms with van der Waals surface area (Å²) in [6.45, 7) is 1.33. The molecule has 0 radical (unpaired) electrons. The Morgan fingerprint density at radius 3 is 2.71 bits per heavy atom. The largest absolute Gasteiger partial charge is 0.244 e. The average Bonchev–Trinajstić information content (AvgIpc) is 3.33. The van der Waals surface area contributed by atoms with E-state index in [9.17, 15) is 0 Å². The van der Waals surface area contributed by atoms with Crippen molar-refractivity contribution < 1.29 is 0 Å². The molecule has 1 aliphatic carbocycles. The van der Waals surface area contributed by atoms with Crippen LogP contribution in [0, 0.1) is 11.4 Å². The molecule has 120 valence electrons. The summed E-state index contributed by atoms with van der Waals surface area (Å²) in [7, 11) is 0. The third-order valence-corrected chi connectivity index (χ3v) is 4.73. The van der Waals surface area contributed by atoms with E-state index in [1.807, 2.05) is 41.1 Å². The maximum atomic E-state index is 6.71. The van der Waals surface area contributed by atoms with Crippen LogP contribution in [0.25, 0.3) is 22.2 Å². The molecular weight excluding hydrogens is 324 g/mol. The van der Waals surface area contributed by atoms with E-state index in [0.29, 0.717) is 11.6 Å². The van der Waals surface area contributed by atoms with Gasteiger partial charge in [0.1, 0.15) is 22.7 Å². The van der Waals surface area contributed by atoms with Gasteiger partial charge in [0.05, 0.1) is 10.5 Å². The normalized spacial score (nSPS) is 13.9. The van der Waals surface area contributed by atoms with Gasteiger partial charge in [0.15, 0.2) is 0 Å². The maximum absolute atomic E-state index is 6.71. The van der Waals surface area contributed by atoms with E-state index in [4.69, 9.17) is 17.1 Å². The van der Waals surface area contributed by atoms with Crippen LogP contribution in [0.1, 0.15) is 18.4 Å². The molecule has 1 aliphatic rings. The van der Waals surface area contributed by atoms with Gasteiger partial charge in [-0.3, -0.25) is 0 Å². The van der Waals surface area contributed by atoms with Crippen molar-refractivity contribution in [1.82, 2.24) is 19.9 Å². The molecule has 0 atom stereocenters. The predicted octanol–water partition coefficient (Wildman–Crippen LogP) is 4.21. The Balaban J connectivity index is 1.68. The van der Waals surface area contributed by atoms with Gasteiger partial charge in [-0.15, -0.1) is 5.10 Å². The highest BCUT2D eigenvalue weighted by Crippen LogP contribution is 2.35. The lowest BCUT2D eigenvalue weighted by molar-refractivity contribution is 0.559. The summed E-state index contributed by atoms with van der Waals surface area (Å²) < 4.78 is 1.96. The van der Waals surface area contributed by atoms with Gasteiger partial charge >= 0.3 is 0 Å². The summed E-state index contributed by atoms with van der Waals surface area (Å²) in [5.74, 6) is 0.738. The summed E-state index contributed by atoms with van der Waals surface area (Å²) in [6.07, 6.45) is 2.55. The predicted molar refractivity (Wildman–Crippen MR) is 91.7 cm³/mol. The number of rotatable bonds is 5. The SMILES string of the molecule is N=[N+]=NCc1ccc(-c2ccc3c(nnn3CC3CC3)c2Cl)cc1. The lowest BCUT2D eigenvalue weighted by Gasteiger charge is -2.06. The molecule has 0 amide bonds. The lowest BCUT2D eigenvalue weighted by atomic mass is 10.0. The molecule has 0 bridgehead atoms. The number of hydrogen-bond donors (Lipinski definition) is 1. The number of aromatic nitrogens is 3. The number of halogens is 1. The molecule has 0 saturated heterocycles. The molecule has 1 heterocycles. The third kappa shape index (κ3) is 2.82. The number of fused-ring (bicyclic) bond motifs is 1. The molecule has 1 fully saturated rings. The number of benzene rings is 2. The first kappa shape index (κ1) is 15.0. The molecule has 1 saturated carbocycles. The quantitative estimate of drug-likeness (QED) is 0.558. The minimum absolute atomic E-state index is 0.409. The van der Waals surface area contributed by atoms with E-state index in [1.54, 1.807) is 0 Å². The highest BCUT2D eigenvalue weighted by molar-refractivity contribution is 6.37. The van der Waals surface area contributed by atoms with E-state index < -0.39 is 0 Å². The second-order valence-corrected chi connectivity index (χ2v) is 6.48. The van der Waals surface area contributed by atoms with Gasteiger partial charge < -0.3 is 0 Å². The van der Waals surface area contributed by atoms with Gasteiger partial charge in [-0.1, -0.05) is 47.1 Å². The van der Waals surface area contributed by atoms with Crippen LogP contribution in [0.5, 0.6) is 0 Å². The van der Waals surface area contributed by atoms with Crippen molar-refractivity contribution in [3.8, 4) is 11.1 Å². The van der Waals surface area contributed by atoms with Crippen LogP contribution in [-0.4, -0.2) is 15.0 Å². The first-order chi connectivity index (χ1) is 11.8. The van der Waals surface area contributed by atoms with Gasteiger partial charge in [0.2, 0.25) is 4.91 Å². The standard InChI is InChI=1S/C17H16ClN6/c18-16-14(13-5-3-11(4-6-13)9-20-22-19)7-8-15-17(16)21-23-24(15)10-12-1-2-12/h3-8,12,19H,1-2,9-10H2/q+1. The van der Waals surface area contributed by atoms with Crippen LogP contribution in [0.15, 0.2) is 41.5 Å². The Hall–Kier alpha value is -2.56. The summed E-state index contributed by atoms with van der Waals surface area (Å²) in [5, 5.41) is 12.8. The zero-order valence-corrected chi connectivity index (χ0v) is 13.7. The maximum Gasteiger partial charge on any atom is 0.214 e. The van der Waals surface area contributed by atoms with E-state index in [2.05, 4.69) is 20.3 Å². The van der Waals surface area contributed by atoms with Crippen LogP contribution in [0.2, 0.25) is 5.02 Å². The first-order valence-corrected chi connectivity index (χ1v) is 8.28. The zero-order valence-electron chi connectivity index (χ0n) is 13.0. The Morgan fingerprint density at radius 1 is 1.21 bits per heavy atom. The van der Waals surface area contributed by atoms with Gasteiger partial charge in [-0.2, -0.15) is 0 Å². The molecule has 6 nitrogen and oxygen atoms in total. The molecule has 3 aromatic rings. The number of hydrogen-bond acceptors (Lipinski definition) is 4. The third-order valence-electron chi connectivity index (χ3n) is 4.34. The van der Waals surface area contributed by atoms with Gasteiger partial charge in [0.25, 0.3) is 0 Å². The summed E-state index contributed by atoms with van der Waals surface area (Å²) in [5.41, 5.74) is 11.4. The van der Waals surface area contributed by atoms with Crippen molar-refractivity contribution in [2.45, 2.75) is 25.9 Å². The van der Waals surface area contributed by atoms with Crippen molar-refractivity contribution in [3.63, 3.8) is 0 Å². The fourth-order valence-electron chi connectivity index (χ4n) is 2.81. The van der Waals surface area contributed by atoms with Crippen LogP contribution >= 0.6 is 11.6 Å². The highest BCUT2D eigenvalue weighted by atomic mass is 35.5. The molecule has 2 aromatic carbocycles. The molecule has 0 aliphatic heterocycles. The Labute approximate surface area is 143 Å². The smallest absolute Gasteiger partial charge is 0.214 e. The summed E-state index contributed by atoms with van der Waals surface area (Å²) in [6, 6.07) is 12.0. The van der Waals surface area contributed by atoms with Crippen molar-refractivity contribution in [2.75, 3.05) is 0 Å². The molecule has 7 heteroatoms. The monoisotopic (exact) mass is 339 g/mol. The van der Waals surface area contributed by atoms with E-state index in [0.717, 1.165) is 40.2 Å². The van der Waals surface area contributed by atoms with E-state index in [-0.39, 0.29) is 0 Å². The fourth-order valence-corrected chi connectivity index (χ4v) is 3.12.